The molecular weight excluding hydrogens is 402 g/mol. The summed E-state index contributed by atoms with van der Waals surface area (Å²) in [6, 6.07) is 20.3. The number of carbonyl (C=O) groups excluding carboxylic acids is 2. The van der Waals surface area contributed by atoms with Crippen LogP contribution >= 0.6 is 11.8 Å². The van der Waals surface area contributed by atoms with Crippen molar-refractivity contribution in [1.82, 2.24) is 0 Å². The van der Waals surface area contributed by atoms with Gasteiger partial charge in [0, 0.05) is 34.0 Å². The number of aryl methyl sites for hydroxylation is 1. The summed E-state index contributed by atoms with van der Waals surface area (Å²) in [6.07, 6.45) is 0. The van der Waals surface area contributed by atoms with Crippen molar-refractivity contribution in [3.05, 3.63) is 94.0 Å². The molecule has 0 bridgehead atoms. The van der Waals surface area contributed by atoms with Gasteiger partial charge < -0.3 is 10.6 Å². The van der Waals surface area contributed by atoms with Crippen molar-refractivity contribution in [3.8, 4) is 0 Å². The molecule has 2 N–H and O–H groups in total. The molecule has 0 radical (unpaired) electrons. The van der Waals surface area contributed by atoms with E-state index in [0.717, 1.165) is 10.5 Å². The summed E-state index contributed by atoms with van der Waals surface area (Å²) in [5.74, 6) is -0.201. The highest BCUT2D eigenvalue weighted by molar-refractivity contribution is 8.00. The lowest BCUT2D eigenvalue weighted by atomic mass is 10.1. The van der Waals surface area contributed by atoms with Crippen LogP contribution in [0, 0.1) is 17.0 Å². The minimum absolute atomic E-state index is 0.0306. The molecule has 3 aromatic rings. The third-order valence-electron chi connectivity index (χ3n) is 4.23. The van der Waals surface area contributed by atoms with Crippen molar-refractivity contribution in [1.29, 1.82) is 0 Å². The van der Waals surface area contributed by atoms with Crippen LogP contribution < -0.4 is 10.6 Å². The summed E-state index contributed by atoms with van der Waals surface area (Å²) in [5, 5.41) is 16.2. The van der Waals surface area contributed by atoms with Gasteiger partial charge in [-0.25, -0.2) is 0 Å². The average Bonchev–Trinajstić information content (AvgIpc) is 2.74. The Morgan fingerprint density at radius 1 is 0.900 bits per heavy atom. The van der Waals surface area contributed by atoms with Gasteiger partial charge in [0.15, 0.2) is 0 Å². The van der Waals surface area contributed by atoms with Crippen molar-refractivity contribution in [2.24, 2.45) is 0 Å². The van der Waals surface area contributed by atoms with E-state index in [9.17, 15) is 19.7 Å². The number of amides is 2. The Morgan fingerprint density at radius 3 is 2.13 bits per heavy atom. The van der Waals surface area contributed by atoms with Crippen LogP contribution in [0.4, 0.5) is 17.1 Å². The Bertz CT molecular complexity index is 1070. The van der Waals surface area contributed by atoms with E-state index in [2.05, 4.69) is 10.6 Å². The van der Waals surface area contributed by atoms with Gasteiger partial charge in [-0.3, -0.25) is 19.7 Å². The highest BCUT2D eigenvalue weighted by Gasteiger charge is 2.09. The van der Waals surface area contributed by atoms with Crippen molar-refractivity contribution in [2.75, 3.05) is 16.4 Å². The van der Waals surface area contributed by atoms with Crippen LogP contribution in [0.15, 0.2) is 77.7 Å². The van der Waals surface area contributed by atoms with Crippen LogP contribution in [0.3, 0.4) is 0 Å². The zero-order chi connectivity index (χ0) is 21.5. The van der Waals surface area contributed by atoms with E-state index in [1.165, 1.54) is 36.0 Å². The number of anilines is 2. The number of benzene rings is 3. The predicted octanol–water partition coefficient (Wildman–Crippen LogP) is 4.89. The minimum Gasteiger partial charge on any atom is -0.325 e. The third kappa shape index (κ3) is 5.68. The zero-order valence-electron chi connectivity index (χ0n) is 16.1. The van der Waals surface area contributed by atoms with Gasteiger partial charge in [0.1, 0.15) is 0 Å². The molecule has 2 amide bonds. The average molecular weight is 421 g/mol. The minimum atomic E-state index is -0.492. The van der Waals surface area contributed by atoms with Crippen LogP contribution in [0.2, 0.25) is 0 Å². The largest absolute Gasteiger partial charge is 0.325 e. The molecule has 3 rings (SSSR count). The van der Waals surface area contributed by atoms with E-state index >= 15 is 0 Å². The van der Waals surface area contributed by atoms with Gasteiger partial charge in [-0.15, -0.1) is 11.8 Å². The van der Waals surface area contributed by atoms with Gasteiger partial charge in [-0.1, -0.05) is 18.2 Å². The number of nitrogens with one attached hydrogen (secondary N) is 2. The number of non-ortho nitro benzene ring substituents is 1. The molecule has 0 fully saturated rings. The Balaban J connectivity index is 1.50. The van der Waals surface area contributed by atoms with Gasteiger partial charge in [0.25, 0.3) is 11.6 Å². The number of hydrogen-bond donors (Lipinski definition) is 2. The van der Waals surface area contributed by atoms with Crippen LogP contribution in [0.5, 0.6) is 0 Å². The maximum Gasteiger partial charge on any atom is 0.269 e. The van der Waals surface area contributed by atoms with Gasteiger partial charge in [0.2, 0.25) is 5.91 Å². The molecule has 0 aliphatic heterocycles. The molecule has 3 aromatic carbocycles. The molecule has 0 saturated heterocycles. The Morgan fingerprint density at radius 2 is 1.50 bits per heavy atom. The standard InChI is InChI=1S/C22H19N3O4S/c1-15-4-2-3-5-20(15)22(27)24-17-8-12-19(13-9-17)30-14-21(26)23-16-6-10-18(11-7-16)25(28)29/h2-13H,14H2,1H3,(H,23,26)(H,24,27). The molecule has 152 valence electrons. The van der Waals surface area contributed by atoms with Crippen LogP contribution in [0.1, 0.15) is 15.9 Å². The number of thioether (sulfide) groups is 1. The lowest BCUT2D eigenvalue weighted by Gasteiger charge is -2.09. The second-order valence-electron chi connectivity index (χ2n) is 6.43. The van der Waals surface area contributed by atoms with Crippen molar-refractivity contribution in [3.63, 3.8) is 0 Å². The summed E-state index contributed by atoms with van der Waals surface area (Å²) in [5.41, 5.74) is 2.67. The maximum atomic E-state index is 12.4. The molecular formula is C22H19N3O4S. The molecule has 0 aromatic heterocycles. The molecule has 7 nitrogen and oxygen atoms in total. The fraction of sp³-hybridized carbons (Fsp3) is 0.0909. The topological polar surface area (TPSA) is 101 Å². The summed E-state index contributed by atoms with van der Waals surface area (Å²) < 4.78 is 0. The molecule has 0 aliphatic carbocycles. The zero-order valence-corrected chi connectivity index (χ0v) is 16.9. The summed E-state index contributed by atoms with van der Waals surface area (Å²) in [6.45, 7) is 1.89. The first kappa shape index (κ1) is 21.1. The molecule has 0 spiro atoms. The van der Waals surface area contributed by atoms with E-state index in [0.29, 0.717) is 16.9 Å². The van der Waals surface area contributed by atoms with Crippen LogP contribution in [0.25, 0.3) is 0 Å². The number of rotatable bonds is 7. The Kier molecular flexibility index (Phi) is 6.82. The fourth-order valence-corrected chi connectivity index (χ4v) is 3.37. The normalized spacial score (nSPS) is 10.3. The summed E-state index contributed by atoms with van der Waals surface area (Å²) >= 11 is 1.35. The number of nitrogens with zero attached hydrogens (tertiary/aromatic N) is 1. The smallest absolute Gasteiger partial charge is 0.269 e. The Hall–Kier alpha value is -3.65. The number of hydrogen-bond acceptors (Lipinski definition) is 5. The third-order valence-corrected chi connectivity index (χ3v) is 5.25. The highest BCUT2D eigenvalue weighted by Crippen LogP contribution is 2.22. The van der Waals surface area contributed by atoms with E-state index in [-0.39, 0.29) is 23.3 Å². The molecule has 0 heterocycles. The lowest BCUT2D eigenvalue weighted by Crippen LogP contribution is -2.14. The summed E-state index contributed by atoms with van der Waals surface area (Å²) in [7, 11) is 0. The molecule has 0 aliphatic rings. The molecule has 8 heteroatoms. The first-order valence-electron chi connectivity index (χ1n) is 9.06. The Labute approximate surface area is 177 Å². The molecule has 0 atom stereocenters. The highest BCUT2D eigenvalue weighted by atomic mass is 32.2. The SMILES string of the molecule is Cc1ccccc1C(=O)Nc1ccc(SCC(=O)Nc2ccc([N+](=O)[O-])cc2)cc1. The second kappa shape index (κ2) is 9.71. The number of nitro groups is 1. The van der Waals surface area contributed by atoms with E-state index < -0.39 is 4.92 Å². The summed E-state index contributed by atoms with van der Waals surface area (Å²) in [4.78, 5) is 35.5. The predicted molar refractivity (Wildman–Crippen MR) is 118 cm³/mol. The quantitative estimate of drug-likeness (QED) is 0.321. The first-order valence-corrected chi connectivity index (χ1v) is 10.0. The maximum absolute atomic E-state index is 12.4. The molecule has 30 heavy (non-hydrogen) atoms. The lowest BCUT2D eigenvalue weighted by molar-refractivity contribution is -0.384. The molecule has 0 unspecified atom stereocenters. The van der Waals surface area contributed by atoms with Gasteiger partial charge in [-0.2, -0.15) is 0 Å². The van der Waals surface area contributed by atoms with Gasteiger partial charge >= 0.3 is 0 Å². The van der Waals surface area contributed by atoms with Crippen LogP contribution in [-0.4, -0.2) is 22.5 Å². The van der Waals surface area contributed by atoms with E-state index in [1.807, 2.05) is 37.3 Å². The van der Waals surface area contributed by atoms with Gasteiger partial charge in [-0.05, 0) is 55.0 Å². The first-order chi connectivity index (χ1) is 14.4. The fourth-order valence-electron chi connectivity index (χ4n) is 2.67. The number of carbonyl (C=O) groups is 2. The number of nitro benzene ring substituents is 1. The van der Waals surface area contributed by atoms with Gasteiger partial charge in [0.05, 0.1) is 10.7 Å². The monoisotopic (exact) mass is 421 g/mol. The van der Waals surface area contributed by atoms with Crippen molar-refractivity contribution < 1.29 is 14.5 Å². The second-order valence-corrected chi connectivity index (χ2v) is 7.48. The van der Waals surface area contributed by atoms with E-state index in [1.54, 1.807) is 18.2 Å². The molecule has 0 saturated carbocycles. The van der Waals surface area contributed by atoms with Crippen LogP contribution in [-0.2, 0) is 4.79 Å². The van der Waals surface area contributed by atoms with Crippen molar-refractivity contribution >= 4 is 40.6 Å². The van der Waals surface area contributed by atoms with Crippen molar-refractivity contribution in [2.45, 2.75) is 11.8 Å². The van der Waals surface area contributed by atoms with E-state index in [4.69, 9.17) is 0 Å².